The van der Waals surface area contributed by atoms with Crippen molar-refractivity contribution in [2.45, 2.75) is 24.6 Å². The van der Waals surface area contributed by atoms with Gasteiger partial charge in [-0.2, -0.15) is 5.26 Å². The Morgan fingerprint density at radius 1 is 0.731 bits per heavy atom. The average Bonchev–Trinajstić information content (AvgIpc) is 3.15. The summed E-state index contributed by atoms with van der Waals surface area (Å²) >= 11 is 9.05. The zero-order valence-electron chi connectivity index (χ0n) is 27.0. The van der Waals surface area contributed by atoms with E-state index >= 15 is 0 Å². The van der Waals surface area contributed by atoms with E-state index in [-0.39, 0.29) is 30.0 Å². The average molecular weight is 760 g/mol. The van der Waals surface area contributed by atoms with E-state index in [9.17, 15) is 31.5 Å². The number of halogens is 6. The van der Waals surface area contributed by atoms with Crippen molar-refractivity contribution >= 4 is 41.8 Å². The third kappa shape index (κ3) is 11.6. The molecule has 5 rings (SSSR count). The highest BCUT2D eigenvalue weighted by Gasteiger charge is 2.23. The molecule has 5 N–H and O–H groups in total. The van der Waals surface area contributed by atoms with Gasteiger partial charge >= 0.3 is 5.97 Å². The first kappa shape index (κ1) is 42.9. The van der Waals surface area contributed by atoms with Gasteiger partial charge in [0.15, 0.2) is 23.3 Å². The molecule has 0 aliphatic rings. The number of anilines is 1. The fourth-order valence-corrected chi connectivity index (χ4v) is 4.70. The van der Waals surface area contributed by atoms with E-state index in [0.717, 1.165) is 16.7 Å². The Kier molecular flexibility index (Phi) is 16.9. The number of carbonyl (C=O) groups is 2. The molecular formula is C37H31ClF5N3O5S. The van der Waals surface area contributed by atoms with Gasteiger partial charge in [-0.25, -0.2) is 26.7 Å². The van der Waals surface area contributed by atoms with Crippen molar-refractivity contribution < 1.29 is 47.2 Å². The number of hydrogen-bond donors (Lipinski definition) is 2. The molecule has 0 radical (unpaired) electrons. The zero-order chi connectivity index (χ0) is 36.2. The van der Waals surface area contributed by atoms with E-state index in [1.54, 1.807) is 41.3 Å². The lowest BCUT2D eigenvalue weighted by Gasteiger charge is -2.24. The Morgan fingerprint density at radius 2 is 1.27 bits per heavy atom. The first-order valence-corrected chi connectivity index (χ1v) is 15.6. The first-order valence-electron chi connectivity index (χ1n) is 14.7. The number of esters is 1. The van der Waals surface area contributed by atoms with Crippen LogP contribution in [0.25, 0.3) is 0 Å². The van der Waals surface area contributed by atoms with E-state index in [2.05, 4.69) is 24.0 Å². The van der Waals surface area contributed by atoms with Crippen LogP contribution >= 0.6 is 24.2 Å². The van der Waals surface area contributed by atoms with Gasteiger partial charge in [0.1, 0.15) is 6.61 Å². The van der Waals surface area contributed by atoms with Crippen LogP contribution in [0, 0.1) is 40.4 Å². The van der Waals surface area contributed by atoms with E-state index in [1.807, 2.05) is 66.7 Å². The number of ether oxygens (including phenoxy) is 1. The van der Waals surface area contributed by atoms with Crippen LogP contribution in [0.15, 0.2) is 108 Å². The van der Waals surface area contributed by atoms with Gasteiger partial charge in [0.05, 0.1) is 35.2 Å². The third-order valence-corrected chi connectivity index (χ3v) is 7.70. The van der Waals surface area contributed by atoms with Crippen molar-refractivity contribution in [1.82, 2.24) is 5.32 Å². The van der Waals surface area contributed by atoms with Crippen LogP contribution in [0.2, 0.25) is 5.02 Å². The number of rotatable bonds is 10. The van der Waals surface area contributed by atoms with Gasteiger partial charge in [0.25, 0.3) is 0 Å². The summed E-state index contributed by atoms with van der Waals surface area (Å²) in [7, 11) is 0. The molecule has 0 aliphatic heterocycles. The Balaban J connectivity index is 0.000000570. The fraction of sp³-hybridized carbons (Fsp3) is 0.108. The van der Waals surface area contributed by atoms with Crippen LogP contribution in [0.3, 0.4) is 0 Å². The number of carbonyl (C=O) groups excluding carboxylic acids is 2. The molecule has 15 heteroatoms. The number of nitrogens with one attached hydrogen (secondary N) is 1. The summed E-state index contributed by atoms with van der Waals surface area (Å²) in [5, 5.41) is 12.9. The molecule has 0 atom stereocenters. The predicted molar refractivity (Wildman–Crippen MR) is 188 cm³/mol. The van der Waals surface area contributed by atoms with Crippen molar-refractivity contribution in [2.24, 2.45) is 0 Å². The minimum absolute atomic E-state index is 0. The van der Waals surface area contributed by atoms with Crippen LogP contribution in [-0.4, -0.2) is 29.4 Å². The normalized spacial score (nSPS) is 10.0. The van der Waals surface area contributed by atoms with E-state index in [0.29, 0.717) is 34.9 Å². The molecule has 0 aromatic heterocycles. The van der Waals surface area contributed by atoms with Crippen molar-refractivity contribution in [3.8, 4) is 6.07 Å². The molecular weight excluding hydrogens is 729 g/mol. The number of nitrogens with zero attached hydrogens (tertiary/aromatic N) is 2. The standard InChI is InChI=1S/C31H26ClN3O3.C6HF5S.2H2O/c32-28-14-10-24(11-15-28)19-34-20-30(36)35(21-25-8-6-23(18-33)7-9-25)29-16-12-27(13-17-29)31(37)38-22-26-4-2-1-3-5-26;7-1-2(8)4(10)6(12)5(11)3(1)9;;/h1-17,34H,19-22H2;12H;2*1H2. The van der Waals surface area contributed by atoms with Crippen molar-refractivity contribution in [1.29, 1.82) is 5.26 Å². The van der Waals surface area contributed by atoms with Gasteiger partial charge in [0, 0.05) is 17.3 Å². The maximum Gasteiger partial charge on any atom is 0.338 e. The minimum Gasteiger partial charge on any atom is -0.457 e. The summed E-state index contributed by atoms with van der Waals surface area (Å²) < 4.78 is 66.7. The molecule has 272 valence electrons. The van der Waals surface area contributed by atoms with Gasteiger partial charge in [-0.3, -0.25) is 4.79 Å². The van der Waals surface area contributed by atoms with Gasteiger partial charge in [-0.1, -0.05) is 66.2 Å². The van der Waals surface area contributed by atoms with Gasteiger partial charge < -0.3 is 25.9 Å². The summed E-state index contributed by atoms with van der Waals surface area (Å²) in [6.07, 6.45) is 0. The van der Waals surface area contributed by atoms with Crippen LogP contribution in [0.1, 0.15) is 32.6 Å². The quantitative estimate of drug-likeness (QED) is 0.0523. The molecule has 8 nitrogen and oxygen atoms in total. The molecule has 0 unspecified atom stereocenters. The molecule has 0 aliphatic carbocycles. The van der Waals surface area contributed by atoms with Crippen molar-refractivity contribution in [3.63, 3.8) is 0 Å². The second-order valence-corrected chi connectivity index (χ2v) is 11.4. The highest BCUT2D eigenvalue weighted by molar-refractivity contribution is 7.80. The maximum absolute atomic E-state index is 13.3. The molecule has 0 heterocycles. The molecule has 0 spiro atoms. The molecule has 5 aromatic carbocycles. The van der Waals surface area contributed by atoms with Gasteiger partial charge in [0.2, 0.25) is 11.7 Å². The van der Waals surface area contributed by atoms with Crippen molar-refractivity contribution in [3.05, 3.63) is 165 Å². The fourth-order valence-electron chi connectivity index (χ4n) is 4.38. The van der Waals surface area contributed by atoms with Crippen molar-refractivity contribution in [2.75, 3.05) is 11.4 Å². The Morgan fingerprint density at radius 3 is 1.83 bits per heavy atom. The van der Waals surface area contributed by atoms with Crippen LogP contribution in [0.4, 0.5) is 27.6 Å². The SMILES string of the molecule is Fc1c(F)c(F)c(S)c(F)c1F.N#Cc1ccc(CN(C(=O)CNCc2ccc(Cl)cc2)c2ccc(C(=O)OCc3ccccc3)cc2)cc1.O.O. The molecule has 0 fully saturated rings. The first-order chi connectivity index (χ1) is 24.0. The molecule has 0 saturated carbocycles. The smallest absolute Gasteiger partial charge is 0.338 e. The lowest BCUT2D eigenvalue weighted by molar-refractivity contribution is -0.118. The van der Waals surface area contributed by atoms with E-state index in [1.165, 1.54) is 0 Å². The summed E-state index contributed by atoms with van der Waals surface area (Å²) in [4.78, 5) is 26.3. The molecule has 0 saturated heterocycles. The van der Waals surface area contributed by atoms with E-state index in [4.69, 9.17) is 21.6 Å². The Hall–Kier alpha value is -5.30. The van der Waals surface area contributed by atoms with Crippen LogP contribution in [0.5, 0.6) is 0 Å². The summed E-state index contributed by atoms with van der Waals surface area (Å²) in [6, 6.07) is 32.9. The van der Waals surface area contributed by atoms with Gasteiger partial charge in [-0.05, 0) is 65.2 Å². The highest BCUT2D eigenvalue weighted by atomic mass is 35.5. The van der Waals surface area contributed by atoms with Gasteiger partial charge in [-0.15, -0.1) is 12.6 Å². The summed E-state index contributed by atoms with van der Waals surface area (Å²) in [5.41, 5.74) is 4.39. The second kappa shape index (κ2) is 20.5. The van der Waals surface area contributed by atoms with E-state index < -0.39 is 40.0 Å². The monoisotopic (exact) mass is 759 g/mol. The molecule has 52 heavy (non-hydrogen) atoms. The number of thiol groups is 1. The maximum atomic E-state index is 13.3. The minimum atomic E-state index is -2.18. The third-order valence-electron chi connectivity index (χ3n) is 7.06. The molecule has 5 aromatic rings. The van der Waals surface area contributed by atoms with Crippen LogP contribution < -0.4 is 10.2 Å². The molecule has 1 amide bonds. The highest BCUT2D eigenvalue weighted by Crippen LogP contribution is 2.25. The molecule has 0 bridgehead atoms. The second-order valence-electron chi connectivity index (χ2n) is 10.5. The largest absolute Gasteiger partial charge is 0.457 e. The summed E-state index contributed by atoms with van der Waals surface area (Å²) in [5.74, 6) is -10.6. The summed E-state index contributed by atoms with van der Waals surface area (Å²) in [6.45, 7) is 1.12. The zero-order valence-corrected chi connectivity index (χ0v) is 28.6. The number of benzene rings is 5. The number of hydrogen-bond acceptors (Lipinski definition) is 6. The Bertz CT molecular complexity index is 1880. The topological polar surface area (TPSA) is 145 Å². The van der Waals surface area contributed by atoms with Crippen LogP contribution in [-0.2, 0) is 29.2 Å². The lowest BCUT2D eigenvalue weighted by atomic mass is 10.1. The predicted octanol–water partition coefficient (Wildman–Crippen LogP) is 6.91. The number of nitriles is 1. The Labute approximate surface area is 306 Å². The lowest BCUT2D eigenvalue weighted by Crippen LogP contribution is -2.37. The number of amides is 1.